The number of nitrogens with one attached hydrogen (secondary N) is 1. The average molecular weight is 329 g/mol. The Labute approximate surface area is 140 Å². The Kier molecular flexibility index (Phi) is 5.49. The smallest absolute Gasteiger partial charge is 0.270 e. The minimum absolute atomic E-state index is 0.117. The van der Waals surface area contributed by atoms with Crippen molar-refractivity contribution in [3.63, 3.8) is 0 Å². The molecule has 1 N–H and O–H groups in total. The van der Waals surface area contributed by atoms with E-state index >= 15 is 0 Å². The number of nitro benzene ring substituents is 1. The average Bonchev–Trinajstić information content (AvgIpc) is 2.55. The van der Waals surface area contributed by atoms with Crippen molar-refractivity contribution in [1.82, 2.24) is 4.90 Å². The summed E-state index contributed by atoms with van der Waals surface area (Å²) in [4.78, 5) is 25.0. The van der Waals surface area contributed by atoms with Gasteiger partial charge in [-0.1, -0.05) is 18.2 Å². The fraction of sp³-hybridized carbons (Fsp3) is 0.235. The molecular weight excluding hydrogens is 310 g/mol. The molecule has 0 radical (unpaired) electrons. The third-order valence-corrected chi connectivity index (χ3v) is 3.39. The summed E-state index contributed by atoms with van der Waals surface area (Å²) in [7, 11) is 5.28. The number of ether oxygens (including phenoxy) is 1. The van der Waals surface area contributed by atoms with Crippen LogP contribution >= 0.6 is 0 Å². The summed E-state index contributed by atoms with van der Waals surface area (Å²) in [5.74, 6) is -0.176. The van der Waals surface area contributed by atoms with Crippen molar-refractivity contribution < 1.29 is 14.5 Å². The van der Waals surface area contributed by atoms with Gasteiger partial charge in [0.05, 0.1) is 17.6 Å². The van der Waals surface area contributed by atoms with Crippen LogP contribution in [0.4, 0.5) is 11.4 Å². The van der Waals surface area contributed by atoms with Crippen molar-refractivity contribution in [1.29, 1.82) is 0 Å². The minimum Gasteiger partial charge on any atom is -0.496 e. The lowest BCUT2D eigenvalue weighted by Gasteiger charge is -2.15. The monoisotopic (exact) mass is 329 g/mol. The van der Waals surface area contributed by atoms with Gasteiger partial charge in [0.15, 0.2) is 0 Å². The predicted octanol–water partition coefficient (Wildman–Crippen LogP) is 2.92. The number of non-ortho nitro benzene ring substituents is 1. The fourth-order valence-electron chi connectivity index (χ4n) is 2.30. The van der Waals surface area contributed by atoms with E-state index in [0.717, 1.165) is 5.56 Å². The third-order valence-electron chi connectivity index (χ3n) is 3.39. The standard InChI is InChI=1S/C17H19N3O4/c1-19(2)11-12-6-4-5-7-15(12)18-17(21)14-10-13(20(22)23)8-9-16(14)24-3/h4-10H,11H2,1-3H3,(H,18,21). The molecule has 0 fully saturated rings. The summed E-state index contributed by atoms with van der Waals surface area (Å²) in [6.45, 7) is 0.655. The number of para-hydroxylation sites is 1. The van der Waals surface area contributed by atoms with Crippen LogP contribution in [0.2, 0.25) is 0 Å². The van der Waals surface area contributed by atoms with E-state index in [1.165, 1.54) is 25.3 Å². The fourth-order valence-corrected chi connectivity index (χ4v) is 2.30. The molecule has 0 spiro atoms. The Morgan fingerprint density at radius 2 is 1.96 bits per heavy atom. The van der Waals surface area contributed by atoms with Gasteiger partial charge in [-0.3, -0.25) is 14.9 Å². The molecule has 0 saturated heterocycles. The second-order valence-electron chi connectivity index (χ2n) is 5.49. The largest absolute Gasteiger partial charge is 0.496 e. The Balaban J connectivity index is 2.33. The Morgan fingerprint density at radius 3 is 2.58 bits per heavy atom. The van der Waals surface area contributed by atoms with E-state index in [9.17, 15) is 14.9 Å². The van der Waals surface area contributed by atoms with Crippen LogP contribution in [0.25, 0.3) is 0 Å². The van der Waals surface area contributed by atoms with Gasteiger partial charge in [0.2, 0.25) is 0 Å². The normalized spacial score (nSPS) is 10.5. The number of methoxy groups -OCH3 is 1. The van der Waals surface area contributed by atoms with Crippen molar-refractivity contribution in [3.8, 4) is 5.75 Å². The zero-order valence-corrected chi connectivity index (χ0v) is 13.8. The maximum Gasteiger partial charge on any atom is 0.270 e. The molecule has 0 saturated carbocycles. The van der Waals surface area contributed by atoms with Gasteiger partial charge in [0.25, 0.3) is 11.6 Å². The zero-order valence-electron chi connectivity index (χ0n) is 13.8. The van der Waals surface area contributed by atoms with Crippen LogP contribution in [0.1, 0.15) is 15.9 Å². The molecule has 0 atom stereocenters. The van der Waals surface area contributed by atoms with Crippen LogP contribution in [0, 0.1) is 10.1 Å². The second kappa shape index (κ2) is 7.56. The van der Waals surface area contributed by atoms with Crippen LogP contribution in [0.5, 0.6) is 5.75 Å². The molecule has 2 rings (SSSR count). The molecule has 0 aliphatic rings. The number of nitrogens with zero attached hydrogens (tertiary/aromatic N) is 2. The van der Waals surface area contributed by atoms with Gasteiger partial charge >= 0.3 is 0 Å². The highest BCUT2D eigenvalue weighted by Gasteiger charge is 2.18. The second-order valence-corrected chi connectivity index (χ2v) is 5.49. The van der Waals surface area contributed by atoms with Crippen LogP contribution in [-0.2, 0) is 6.54 Å². The molecule has 0 aliphatic carbocycles. The number of hydrogen-bond acceptors (Lipinski definition) is 5. The van der Waals surface area contributed by atoms with Gasteiger partial charge in [0, 0.05) is 24.4 Å². The molecule has 0 aliphatic heterocycles. The molecule has 126 valence electrons. The van der Waals surface area contributed by atoms with Crippen LogP contribution in [0.3, 0.4) is 0 Å². The molecule has 1 amide bonds. The summed E-state index contributed by atoms with van der Waals surface area (Å²) in [5.41, 5.74) is 1.55. The van der Waals surface area contributed by atoms with E-state index in [2.05, 4.69) is 5.32 Å². The van der Waals surface area contributed by atoms with Crippen molar-refractivity contribution in [2.75, 3.05) is 26.5 Å². The molecule has 0 aromatic heterocycles. The highest BCUT2D eigenvalue weighted by Crippen LogP contribution is 2.26. The van der Waals surface area contributed by atoms with E-state index in [1.54, 1.807) is 6.07 Å². The first-order valence-corrected chi connectivity index (χ1v) is 7.28. The minimum atomic E-state index is -0.545. The summed E-state index contributed by atoms with van der Waals surface area (Å²) >= 11 is 0. The van der Waals surface area contributed by atoms with Crippen LogP contribution in [-0.4, -0.2) is 36.9 Å². The lowest BCUT2D eigenvalue weighted by molar-refractivity contribution is -0.384. The van der Waals surface area contributed by atoms with Gasteiger partial charge in [-0.15, -0.1) is 0 Å². The van der Waals surface area contributed by atoms with Crippen LogP contribution < -0.4 is 10.1 Å². The maximum absolute atomic E-state index is 12.6. The highest BCUT2D eigenvalue weighted by atomic mass is 16.6. The first-order chi connectivity index (χ1) is 11.4. The van der Waals surface area contributed by atoms with Crippen molar-refractivity contribution in [2.24, 2.45) is 0 Å². The molecule has 0 heterocycles. The Morgan fingerprint density at radius 1 is 1.25 bits per heavy atom. The highest BCUT2D eigenvalue weighted by molar-refractivity contribution is 6.07. The van der Waals surface area contributed by atoms with Gasteiger partial charge in [-0.25, -0.2) is 0 Å². The quantitative estimate of drug-likeness (QED) is 0.650. The SMILES string of the molecule is COc1ccc([N+](=O)[O-])cc1C(=O)Nc1ccccc1CN(C)C. The van der Waals surface area contributed by atoms with E-state index < -0.39 is 10.8 Å². The molecular formula is C17H19N3O4. The molecule has 2 aromatic rings. The molecule has 0 unspecified atom stereocenters. The summed E-state index contributed by atoms with van der Waals surface area (Å²) in [6.07, 6.45) is 0. The Bertz CT molecular complexity index is 759. The van der Waals surface area contributed by atoms with Gasteiger partial charge in [-0.05, 0) is 31.8 Å². The van der Waals surface area contributed by atoms with Gasteiger partial charge in [-0.2, -0.15) is 0 Å². The molecule has 7 heteroatoms. The maximum atomic E-state index is 12.6. The zero-order chi connectivity index (χ0) is 17.7. The first kappa shape index (κ1) is 17.4. The van der Waals surface area contributed by atoms with E-state index in [4.69, 9.17) is 4.74 Å². The number of amides is 1. The van der Waals surface area contributed by atoms with Crippen molar-refractivity contribution >= 4 is 17.3 Å². The predicted molar refractivity (Wildman–Crippen MR) is 91.4 cm³/mol. The number of anilines is 1. The number of carbonyl (C=O) groups is 1. The lowest BCUT2D eigenvalue weighted by atomic mass is 10.1. The molecule has 7 nitrogen and oxygen atoms in total. The van der Waals surface area contributed by atoms with Crippen LogP contribution in [0.15, 0.2) is 42.5 Å². The number of rotatable bonds is 6. The third kappa shape index (κ3) is 4.08. The summed E-state index contributed by atoms with van der Waals surface area (Å²) in [6, 6.07) is 11.3. The van der Waals surface area contributed by atoms with Gasteiger partial charge < -0.3 is 15.0 Å². The van der Waals surface area contributed by atoms with E-state index in [-0.39, 0.29) is 17.0 Å². The number of benzene rings is 2. The van der Waals surface area contributed by atoms with E-state index in [1.807, 2.05) is 37.2 Å². The first-order valence-electron chi connectivity index (χ1n) is 7.28. The lowest BCUT2D eigenvalue weighted by Crippen LogP contribution is -2.17. The molecule has 24 heavy (non-hydrogen) atoms. The molecule has 0 bridgehead atoms. The molecule has 2 aromatic carbocycles. The summed E-state index contributed by atoms with van der Waals surface area (Å²) < 4.78 is 5.14. The number of hydrogen-bond donors (Lipinski definition) is 1. The number of nitro groups is 1. The van der Waals surface area contributed by atoms with Gasteiger partial charge in [0.1, 0.15) is 5.75 Å². The van der Waals surface area contributed by atoms with Crippen molar-refractivity contribution in [2.45, 2.75) is 6.54 Å². The summed E-state index contributed by atoms with van der Waals surface area (Å²) in [5, 5.41) is 13.7. The Hall–Kier alpha value is -2.93. The number of carbonyl (C=O) groups excluding carboxylic acids is 1. The van der Waals surface area contributed by atoms with Crippen molar-refractivity contribution in [3.05, 3.63) is 63.7 Å². The topological polar surface area (TPSA) is 84.7 Å². The van der Waals surface area contributed by atoms with E-state index in [0.29, 0.717) is 12.2 Å².